The van der Waals surface area contributed by atoms with E-state index in [1.54, 1.807) is 17.0 Å². The van der Waals surface area contributed by atoms with Crippen LogP contribution in [0.4, 0.5) is 10.5 Å². The van der Waals surface area contributed by atoms with Gasteiger partial charge in [0.1, 0.15) is 0 Å². The Morgan fingerprint density at radius 3 is 2.17 bits per heavy atom. The van der Waals surface area contributed by atoms with E-state index in [-0.39, 0.29) is 34.8 Å². The summed E-state index contributed by atoms with van der Waals surface area (Å²) in [4.78, 5) is 39.7. The van der Waals surface area contributed by atoms with Crippen molar-refractivity contribution < 1.29 is 29.3 Å². The van der Waals surface area contributed by atoms with E-state index in [2.05, 4.69) is 6.92 Å². The number of Topliss-reactive ketones (excluding diaryl/α,β-unsaturated/α-hetero) is 1. The number of ketones is 1. The van der Waals surface area contributed by atoms with Crippen molar-refractivity contribution in [3.63, 3.8) is 0 Å². The molecule has 0 radical (unpaired) electrons. The largest absolute Gasteiger partial charge is 0.512 e. The van der Waals surface area contributed by atoms with Gasteiger partial charge in [0, 0.05) is 22.4 Å². The van der Waals surface area contributed by atoms with Gasteiger partial charge < -0.3 is 19.8 Å². The van der Waals surface area contributed by atoms with E-state index >= 15 is 0 Å². The third kappa shape index (κ3) is 5.93. The van der Waals surface area contributed by atoms with Crippen LogP contribution in [0, 0.1) is 11.8 Å². The van der Waals surface area contributed by atoms with Crippen LogP contribution in [0.5, 0.6) is 5.06 Å². The zero-order valence-electron chi connectivity index (χ0n) is 20.2. The fraction of sp³-hybridized carbons (Fsp3) is 0.519. The number of amides is 1. The number of carbonyl (C=O) groups is 3. The molecule has 2 N–H and O–H groups in total. The number of thiophene rings is 1. The zero-order chi connectivity index (χ0) is 25.1. The molecular formula is C27H33NO6S. The van der Waals surface area contributed by atoms with E-state index in [0.29, 0.717) is 42.9 Å². The summed E-state index contributed by atoms with van der Waals surface area (Å²) in [6.45, 7) is 3.72. The molecule has 188 valence electrons. The number of aliphatic hydroxyl groups is 1. The molecule has 0 atom stereocenters. The second kappa shape index (κ2) is 10.9. The van der Waals surface area contributed by atoms with E-state index in [0.717, 1.165) is 36.1 Å². The van der Waals surface area contributed by atoms with Gasteiger partial charge in [-0.15, -0.1) is 0 Å². The summed E-state index contributed by atoms with van der Waals surface area (Å²) in [6, 6.07) is 8.84. The van der Waals surface area contributed by atoms with Crippen LogP contribution in [0.2, 0.25) is 0 Å². The third-order valence-electron chi connectivity index (χ3n) is 7.33. The highest BCUT2D eigenvalue weighted by molar-refractivity contribution is 7.18. The number of carbonyl (C=O) groups excluding carboxylic acids is 2. The molecule has 0 aliphatic heterocycles. The van der Waals surface area contributed by atoms with E-state index in [1.165, 1.54) is 18.3 Å². The predicted molar refractivity (Wildman–Crippen MR) is 135 cm³/mol. The van der Waals surface area contributed by atoms with Gasteiger partial charge in [-0.2, -0.15) is 0 Å². The smallest absolute Gasteiger partial charge is 0.449 e. The Morgan fingerprint density at radius 1 is 0.971 bits per heavy atom. The minimum Gasteiger partial charge on any atom is -0.449 e. The van der Waals surface area contributed by atoms with Crippen LogP contribution < -0.4 is 9.64 Å². The average molecular weight is 500 g/mol. The maximum atomic E-state index is 13.9. The molecule has 7 nitrogen and oxygen atoms in total. The highest BCUT2D eigenvalue weighted by atomic mass is 32.1. The first-order valence-corrected chi connectivity index (χ1v) is 13.2. The van der Waals surface area contributed by atoms with E-state index < -0.39 is 6.16 Å². The molecule has 0 bridgehead atoms. The molecule has 1 aromatic heterocycles. The van der Waals surface area contributed by atoms with Gasteiger partial charge >= 0.3 is 6.16 Å². The van der Waals surface area contributed by atoms with Crippen LogP contribution in [0.25, 0.3) is 10.4 Å². The Bertz CT molecular complexity index is 1060. The maximum absolute atomic E-state index is 13.9. The molecule has 8 heteroatoms. The number of hydrogen-bond donors (Lipinski definition) is 2. The summed E-state index contributed by atoms with van der Waals surface area (Å²) in [5, 5.41) is 19.7. The summed E-state index contributed by atoms with van der Waals surface area (Å²) in [6.07, 6.45) is 4.38. The lowest BCUT2D eigenvalue weighted by Gasteiger charge is -2.38. The predicted octanol–water partition coefficient (Wildman–Crippen LogP) is 6.14. The molecule has 0 unspecified atom stereocenters. The Hall–Kier alpha value is -2.71. The lowest BCUT2D eigenvalue weighted by molar-refractivity contribution is -0.124. The Kier molecular flexibility index (Phi) is 7.91. The van der Waals surface area contributed by atoms with E-state index in [4.69, 9.17) is 4.74 Å². The fourth-order valence-corrected chi connectivity index (χ4v) is 6.21. The van der Waals surface area contributed by atoms with Gasteiger partial charge in [-0.25, -0.2) is 4.79 Å². The number of benzene rings is 1. The quantitative estimate of drug-likeness (QED) is 0.366. The SMILES string of the molecule is CC(=O)c1ccc(-c2cc(N(C(=O)C3CCC(C)CC3)C3CCC(O)CC3)c(OC(=O)O)s2)cc1. The highest BCUT2D eigenvalue weighted by Gasteiger charge is 2.37. The Balaban J connectivity index is 1.73. The van der Waals surface area contributed by atoms with E-state index in [1.807, 2.05) is 18.2 Å². The molecular weight excluding hydrogens is 466 g/mol. The van der Waals surface area contributed by atoms with Crippen LogP contribution in [0.1, 0.15) is 75.6 Å². The molecule has 2 saturated carbocycles. The lowest BCUT2D eigenvalue weighted by Crippen LogP contribution is -2.46. The monoisotopic (exact) mass is 499 g/mol. The Labute approximate surface area is 209 Å². The number of aliphatic hydroxyl groups excluding tert-OH is 1. The Morgan fingerprint density at radius 2 is 1.60 bits per heavy atom. The molecule has 2 aromatic rings. The second-order valence-corrected chi connectivity index (χ2v) is 10.9. The molecule has 2 fully saturated rings. The van der Waals surface area contributed by atoms with Gasteiger partial charge in [-0.1, -0.05) is 42.5 Å². The minimum absolute atomic E-state index is 0.0183. The van der Waals surface area contributed by atoms with Gasteiger partial charge in [-0.3, -0.25) is 9.59 Å². The average Bonchev–Trinajstić information content (AvgIpc) is 3.23. The van der Waals surface area contributed by atoms with Gasteiger partial charge in [0.15, 0.2) is 5.78 Å². The van der Waals surface area contributed by atoms with Crippen molar-refractivity contribution in [1.29, 1.82) is 0 Å². The number of nitrogens with zero attached hydrogens (tertiary/aromatic N) is 1. The van der Waals surface area contributed by atoms with Crippen LogP contribution in [0.15, 0.2) is 30.3 Å². The van der Waals surface area contributed by atoms with E-state index in [9.17, 15) is 24.6 Å². The van der Waals surface area contributed by atoms with Gasteiger partial charge in [-0.05, 0) is 75.8 Å². The molecule has 4 rings (SSSR count). The summed E-state index contributed by atoms with van der Waals surface area (Å²) in [7, 11) is 0. The first-order valence-electron chi connectivity index (χ1n) is 12.4. The molecule has 2 aliphatic carbocycles. The highest BCUT2D eigenvalue weighted by Crippen LogP contribution is 2.46. The molecule has 35 heavy (non-hydrogen) atoms. The standard InChI is InChI=1S/C27H33NO6S/c1-16-3-5-20(6-4-16)25(31)28(21-11-13-22(30)14-12-21)23-15-24(35-26(23)34-27(32)33)19-9-7-18(8-10-19)17(2)29/h7-10,15-16,20-22,30H,3-6,11-14H2,1-2H3,(H,32,33). The van der Waals surface area contributed by atoms with Crippen LogP contribution >= 0.6 is 11.3 Å². The summed E-state index contributed by atoms with van der Waals surface area (Å²) in [5.74, 6) is 0.490. The summed E-state index contributed by atoms with van der Waals surface area (Å²) in [5.41, 5.74) is 1.89. The fourth-order valence-electron chi connectivity index (χ4n) is 5.21. The second-order valence-electron chi connectivity index (χ2n) is 9.91. The van der Waals surface area contributed by atoms with Crippen LogP contribution in [0.3, 0.4) is 0 Å². The van der Waals surface area contributed by atoms with Crippen molar-refractivity contribution in [3.05, 3.63) is 35.9 Å². The first kappa shape index (κ1) is 25.4. The molecule has 0 saturated heterocycles. The molecule has 1 aromatic carbocycles. The molecule has 1 heterocycles. The number of anilines is 1. The number of rotatable bonds is 6. The number of ether oxygens (including phenoxy) is 1. The number of hydrogen-bond acceptors (Lipinski definition) is 6. The van der Waals surface area contributed by atoms with Crippen molar-refractivity contribution in [1.82, 2.24) is 0 Å². The summed E-state index contributed by atoms with van der Waals surface area (Å²) >= 11 is 1.18. The minimum atomic E-state index is -1.43. The van der Waals surface area contributed by atoms with Crippen molar-refractivity contribution in [3.8, 4) is 15.5 Å². The van der Waals surface area contributed by atoms with Crippen LogP contribution in [-0.4, -0.2) is 40.2 Å². The third-order valence-corrected chi connectivity index (χ3v) is 8.38. The van der Waals surface area contributed by atoms with Gasteiger partial charge in [0.25, 0.3) is 0 Å². The zero-order valence-corrected chi connectivity index (χ0v) is 21.1. The molecule has 2 aliphatic rings. The molecule has 0 spiro atoms. The summed E-state index contributed by atoms with van der Waals surface area (Å²) < 4.78 is 5.19. The van der Waals surface area contributed by atoms with Gasteiger partial charge in [0.2, 0.25) is 11.0 Å². The van der Waals surface area contributed by atoms with Crippen molar-refractivity contribution in [2.45, 2.75) is 77.4 Å². The van der Waals surface area contributed by atoms with Crippen molar-refractivity contribution in [2.75, 3.05) is 4.90 Å². The lowest BCUT2D eigenvalue weighted by atomic mass is 9.81. The van der Waals surface area contributed by atoms with Gasteiger partial charge in [0.05, 0.1) is 11.8 Å². The molecule has 1 amide bonds. The van der Waals surface area contributed by atoms with Crippen LogP contribution in [-0.2, 0) is 4.79 Å². The number of carboxylic acid groups (broad SMARTS) is 1. The van der Waals surface area contributed by atoms with Crippen molar-refractivity contribution in [2.24, 2.45) is 11.8 Å². The first-order chi connectivity index (χ1) is 16.7. The van der Waals surface area contributed by atoms with Crippen molar-refractivity contribution >= 4 is 34.9 Å². The maximum Gasteiger partial charge on any atom is 0.512 e. The normalized spacial score (nSPS) is 24.5. The topological polar surface area (TPSA) is 104 Å².